The number of hydrogen-bond acceptors (Lipinski definition) is 5. The Morgan fingerprint density at radius 3 is 2.75 bits per heavy atom. The quantitative estimate of drug-likeness (QED) is 0.766. The molecule has 0 saturated heterocycles. The first kappa shape index (κ1) is 12.1. The van der Waals surface area contributed by atoms with Gasteiger partial charge in [-0.1, -0.05) is 12.1 Å². The van der Waals surface area contributed by atoms with Crippen molar-refractivity contribution in [2.45, 2.75) is 5.92 Å². The topological polar surface area (TPSA) is 98.0 Å². The van der Waals surface area contributed by atoms with Crippen LogP contribution in [0.1, 0.15) is 17.2 Å². The van der Waals surface area contributed by atoms with E-state index in [0.29, 0.717) is 17.0 Å². The lowest BCUT2D eigenvalue weighted by Crippen LogP contribution is -2.21. The van der Waals surface area contributed by atoms with Crippen molar-refractivity contribution in [2.24, 2.45) is 5.73 Å². The number of aromatic nitrogens is 1. The SMILES string of the molecule is N#CC1=C(N)Oc2cc(N)ccc2[C@@H]1c1ccccn1. The van der Waals surface area contributed by atoms with E-state index < -0.39 is 0 Å². The smallest absolute Gasteiger partial charge is 0.205 e. The summed E-state index contributed by atoms with van der Waals surface area (Å²) in [5.41, 5.74) is 14.1. The van der Waals surface area contributed by atoms with Gasteiger partial charge in [-0.15, -0.1) is 0 Å². The van der Waals surface area contributed by atoms with Crippen molar-refractivity contribution in [1.29, 1.82) is 5.26 Å². The van der Waals surface area contributed by atoms with Crippen molar-refractivity contribution in [3.8, 4) is 11.8 Å². The Balaban J connectivity index is 2.23. The minimum Gasteiger partial charge on any atom is -0.440 e. The molecule has 2 aromatic rings. The molecule has 0 fully saturated rings. The molecule has 5 nitrogen and oxygen atoms in total. The summed E-state index contributed by atoms with van der Waals surface area (Å²) < 4.78 is 5.49. The van der Waals surface area contributed by atoms with Gasteiger partial charge >= 0.3 is 0 Å². The molecule has 3 rings (SSSR count). The number of anilines is 1. The minimum atomic E-state index is -0.328. The number of rotatable bonds is 1. The highest BCUT2D eigenvalue weighted by atomic mass is 16.5. The lowest BCUT2D eigenvalue weighted by atomic mass is 9.86. The molecule has 1 aliphatic rings. The molecule has 0 amide bonds. The van der Waals surface area contributed by atoms with Gasteiger partial charge in [0.1, 0.15) is 17.4 Å². The van der Waals surface area contributed by atoms with Crippen molar-refractivity contribution in [3.63, 3.8) is 0 Å². The molecule has 1 aliphatic heterocycles. The number of allylic oxidation sites excluding steroid dienone is 1. The van der Waals surface area contributed by atoms with E-state index in [-0.39, 0.29) is 11.8 Å². The van der Waals surface area contributed by atoms with Crippen LogP contribution in [0.25, 0.3) is 0 Å². The standard InChI is InChI=1S/C15H12N4O/c16-8-11-14(12-3-1-2-6-19-12)10-5-4-9(17)7-13(10)20-15(11)18/h1-7,14H,17-18H2/t14-/m0/s1. The van der Waals surface area contributed by atoms with Gasteiger partial charge in [-0.2, -0.15) is 5.26 Å². The van der Waals surface area contributed by atoms with E-state index in [0.717, 1.165) is 11.3 Å². The van der Waals surface area contributed by atoms with Crippen molar-refractivity contribution < 1.29 is 4.74 Å². The highest BCUT2D eigenvalue weighted by Crippen LogP contribution is 2.41. The zero-order valence-electron chi connectivity index (χ0n) is 10.6. The number of nitriles is 1. The molecule has 5 heteroatoms. The maximum Gasteiger partial charge on any atom is 0.205 e. The molecule has 20 heavy (non-hydrogen) atoms. The van der Waals surface area contributed by atoms with Gasteiger partial charge in [0.25, 0.3) is 0 Å². The van der Waals surface area contributed by atoms with Crippen LogP contribution in [0.15, 0.2) is 54.1 Å². The summed E-state index contributed by atoms with van der Waals surface area (Å²) in [5, 5.41) is 9.35. The van der Waals surface area contributed by atoms with E-state index in [4.69, 9.17) is 16.2 Å². The molecule has 2 heterocycles. The molecule has 1 aromatic carbocycles. The van der Waals surface area contributed by atoms with Crippen LogP contribution in [-0.4, -0.2) is 4.98 Å². The molecule has 1 atom stereocenters. The summed E-state index contributed by atoms with van der Waals surface area (Å²) in [6, 6.07) is 13.0. The zero-order chi connectivity index (χ0) is 14.1. The van der Waals surface area contributed by atoms with Crippen molar-refractivity contribution in [2.75, 3.05) is 5.73 Å². The first-order chi connectivity index (χ1) is 9.70. The molecule has 98 valence electrons. The second-order valence-electron chi connectivity index (χ2n) is 4.48. The van der Waals surface area contributed by atoms with Gasteiger partial charge in [-0.3, -0.25) is 4.98 Å². The first-order valence-corrected chi connectivity index (χ1v) is 6.08. The fraction of sp³-hybridized carbons (Fsp3) is 0.0667. The van der Waals surface area contributed by atoms with Gasteiger partial charge in [-0.25, -0.2) is 0 Å². The van der Waals surface area contributed by atoms with Crippen molar-refractivity contribution in [1.82, 2.24) is 4.98 Å². The number of nitrogens with zero attached hydrogens (tertiary/aromatic N) is 2. The fourth-order valence-electron chi connectivity index (χ4n) is 2.32. The third-order valence-electron chi connectivity index (χ3n) is 3.23. The monoisotopic (exact) mass is 264 g/mol. The lowest BCUT2D eigenvalue weighted by Gasteiger charge is -2.25. The van der Waals surface area contributed by atoms with Crippen LogP contribution in [0, 0.1) is 11.3 Å². The molecule has 0 saturated carbocycles. The molecule has 0 bridgehead atoms. The van der Waals surface area contributed by atoms with Gasteiger partial charge in [0.2, 0.25) is 5.88 Å². The Morgan fingerprint density at radius 2 is 2.05 bits per heavy atom. The van der Waals surface area contributed by atoms with Gasteiger partial charge in [0, 0.05) is 23.5 Å². The summed E-state index contributed by atoms with van der Waals surface area (Å²) in [6.45, 7) is 0. The number of hydrogen-bond donors (Lipinski definition) is 2. The third kappa shape index (κ3) is 1.84. The molecular weight excluding hydrogens is 252 g/mol. The molecule has 0 aliphatic carbocycles. The Bertz CT molecular complexity index is 731. The van der Waals surface area contributed by atoms with Gasteiger partial charge < -0.3 is 16.2 Å². The van der Waals surface area contributed by atoms with E-state index in [2.05, 4.69) is 11.1 Å². The van der Waals surface area contributed by atoms with Crippen LogP contribution in [0.5, 0.6) is 5.75 Å². The molecule has 4 N–H and O–H groups in total. The highest BCUT2D eigenvalue weighted by Gasteiger charge is 2.31. The number of nitrogens with two attached hydrogens (primary N) is 2. The van der Waals surface area contributed by atoms with Gasteiger partial charge in [0.15, 0.2) is 0 Å². The van der Waals surface area contributed by atoms with E-state index in [1.54, 1.807) is 18.3 Å². The average molecular weight is 264 g/mol. The normalized spacial score (nSPS) is 17.1. The molecule has 0 unspecified atom stereocenters. The Kier molecular flexibility index (Phi) is 2.77. The van der Waals surface area contributed by atoms with Gasteiger partial charge in [-0.05, 0) is 18.2 Å². The lowest BCUT2D eigenvalue weighted by molar-refractivity contribution is 0.393. The minimum absolute atomic E-state index is 0.0984. The summed E-state index contributed by atoms with van der Waals surface area (Å²) in [6.07, 6.45) is 1.69. The number of fused-ring (bicyclic) bond motifs is 1. The molecule has 0 radical (unpaired) electrons. The van der Waals surface area contributed by atoms with Crippen LogP contribution >= 0.6 is 0 Å². The molecular formula is C15H12N4O. The number of pyridine rings is 1. The number of ether oxygens (including phenoxy) is 1. The van der Waals surface area contributed by atoms with Crippen LogP contribution in [-0.2, 0) is 0 Å². The van der Waals surface area contributed by atoms with E-state index in [1.165, 1.54) is 0 Å². The first-order valence-electron chi connectivity index (χ1n) is 6.08. The summed E-state index contributed by atoms with van der Waals surface area (Å²) in [4.78, 5) is 4.33. The summed E-state index contributed by atoms with van der Waals surface area (Å²) in [5.74, 6) is 0.337. The predicted octanol–water partition coefficient (Wildman–Crippen LogP) is 1.88. The summed E-state index contributed by atoms with van der Waals surface area (Å²) >= 11 is 0. The largest absolute Gasteiger partial charge is 0.440 e. The second-order valence-corrected chi connectivity index (χ2v) is 4.48. The Labute approximate surface area is 116 Å². The van der Waals surface area contributed by atoms with E-state index in [9.17, 15) is 5.26 Å². The third-order valence-corrected chi connectivity index (χ3v) is 3.23. The van der Waals surface area contributed by atoms with Crippen LogP contribution in [0.3, 0.4) is 0 Å². The fourth-order valence-corrected chi connectivity index (χ4v) is 2.32. The molecule has 1 aromatic heterocycles. The van der Waals surface area contributed by atoms with Crippen LogP contribution < -0.4 is 16.2 Å². The van der Waals surface area contributed by atoms with E-state index >= 15 is 0 Å². The van der Waals surface area contributed by atoms with E-state index in [1.807, 2.05) is 24.3 Å². The maximum absolute atomic E-state index is 9.35. The Hall–Kier alpha value is -3.00. The predicted molar refractivity (Wildman–Crippen MR) is 74.4 cm³/mol. The van der Waals surface area contributed by atoms with Crippen molar-refractivity contribution >= 4 is 5.69 Å². The average Bonchev–Trinajstić information content (AvgIpc) is 2.46. The van der Waals surface area contributed by atoms with Crippen molar-refractivity contribution in [3.05, 3.63) is 65.3 Å². The van der Waals surface area contributed by atoms with Gasteiger partial charge in [0.05, 0.1) is 11.6 Å². The highest BCUT2D eigenvalue weighted by molar-refractivity contribution is 5.58. The molecule has 0 spiro atoms. The zero-order valence-corrected chi connectivity index (χ0v) is 10.6. The Morgan fingerprint density at radius 1 is 1.20 bits per heavy atom. The summed E-state index contributed by atoms with van der Waals surface area (Å²) in [7, 11) is 0. The van der Waals surface area contributed by atoms with Crippen LogP contribution in [0.4, 0.5) is 5.69 Å². The second kappa shape index (κ2) is 4.59. The van der Waals surface area contributed by atoms with Crippen LogP contribution in [0.2, 0.25) is 0 Å². The number of nitrogen functional groups attached to an aromatic ring is 1. The number of benzene rings is 1. The maximum atomic E-state index is 9.35.